The van der Waals surface area contributed by atoms with E-state index >= 15 is 0 Å². The summed E-state index contributed by atoms with van der Waals surface area (Å²) in [6.07, 6.45) is 4.24. The van der Waals surface area contributed by atoms with Gasteiger partial charge in [-0.05, 0) is 49.8 Å². The van der Waals surface area contributed by atoms with E-state index in [0.717, 1.165) is 5.92 Å². The molecule has 1 N–H and O–H groups in total. The van der Waals surface area contributed by atoms with E-state index in [9.17, 15) is 0 Å². The highest BCUT2D eigenvalue weighted by Gasteiger charge is 2.17. The largest absolute Gasteiger partial charge is 0.315 e. The van der Waals surface area contributed by atoms with E-state index in [1.807, 2.05) is 0 Å². The lowest BCUT2D eigenvalue weighted by molar-refractivity contribution is 0.236. The predicted molar refractivity (Wildman–Crippen MR) is 64.0 cm³/mol. The normalized spacial score (nSPS) is 27.4. The second-order valence-electron chi connectivity index (χ2n) is 4.46. The van der Waals surface area contributed by atoms with Crippen LogP contribution in [0.3, 0.4) is 0 Å². The Labute approximate surface area is 91.8 Å². The summed E-state index contributed by atoms with van der Waals surface area (Å²) in [5, 5.41) is 3.47. The Kier molecular flexibility index (Phi) is 4.61. The topological polar surface area (TPSA) is 15.3 Å². The van der Waals surface area contributed by atoms with Crippen molar-refractivity contribution in [3.63, 3.8) is 0 Å². The molecular formula is C11H22N2S. The standard InChI is InChI=1S/C11H22N2S/c1-4-12-5-7-13(6-1)10-11-2-8-14-9-3-11/h11-12H,1-10H2. The first kappa shape index (κ1) is 10.8. The van der Waals surface area contributed by atoms with Crippen LogP contribution in [0.4, 0.5) is 0 Å². The van der Waals surface area contributed by atoms with Crippen LogP contribution in [-0.2, 0) is 0 Å². The molecule has 2 nitrogen and oxygen atoms in total. The molecule has 82 valence electrons. The third kappa shape index (κ3) is 3.44. The van der Waals surface area contributed by atoms with E-state index < -0.39 is 0 Å². The average Bonchev–Trinajstić information content (AvgIpc) is 2.48. The molecule has 0 spiro atoms. The van der Waals surface area contributed by atoms with Crippen LogP contribution < -0.4 is 5.32 Å². The Morgan fingerprint density at radius 1 is 1.14 bits per heavy atom. The maximum atomic E-state index is 3.47. The highest BCUT2D eigenvalue weighted by atomic mass is 32.2. The third-order valence-electron chi connectivity index (χ3n) is 3.29. The SMILES string of the molecule is C1CNCCN(CC2CCSCC2)C1. The summed E-state index contributed by atoms with van der Waals surface area (Å²) in [6, 6.07) is 0. The fourth-order valence-corrected chi connectivity index (χ4v) is 3.58. The van der Waals surface area contributed by atoms with Gasteiger partial charge in [-0.3, -0.25) is 0 Å². The lowest BCUT2D eigenvalue weighted by Gasteiger charge is -2.28. The van der Waals surface area contributed by atoms with Crippen molar-refractivity contribution in [1.29, 1.82) is 0 Å². The van der Waals surface area contributed by atoms with Crippen LogP contribution in [0.1, 0.15) is 19.3 Å². The van der Waals surface area contributed by atoms with Gasteiger partial charge < -0.3 is 10.2 Å². The summed E-state index contributed by atoms with van der Waals surface area (Å²) in [4.78, 5) is 2.67. The minimum atomic E-state index is 0.995. The molecular weight excluding hydrogens is 192 g/mol. The van der Waals surface area contributed by atoms with Gasteiger partial charge in [-0.2, -0.15) is 11.8 Å². The van der Waals surface area contributed by atoms with E-state index in [1.165, 1.54) is 63.5 Å². The Morgan fingerprint density at radius 2 is 2.00 bits per heavy atom. The molecule has 2 saturated heterocycles. The van der Waals surface area contributed by atoms with Crippen LogP contribution >= 0.6 is 11.8 Å². The molecule has 0 amide bonds. The second-order valence-corrected chi connectivity index (χ2v) is 5.68. The molecule has 0 unspecified atom stereocenters. The zero-order chi connectivity index (χ0) is 9.64. The molecule has 0 aromatic rings. The first-order valence-corrected chi connectivity index (χ1v) is 7.11. The van der Waals surface area contributed by atoms with Gasteiger partial charge in [0.1, 0.15) is 0 Å². The molecule has 2 heterocycles. The Bertz CT molecular complexity index is 149. The fraction of sp³-hybridized carbons (Fsp3) is 1.00. The van der Waals surface area contributed by atoms with Gasteiger partial charge in [0.05, 0.1) is 0 Å². The van der Waals surface area contributed by atoms with Crippen LogP contribution in [0.2, 0.25) is 0 Å². The molecule has 2 aliphatic rings. The van der Waals surface area contributed by atoms with Crippen molar-refractivity contribution in [3.8, 4) is 0 Å². The summed E-state index contributed by atoms with van der Waals surface area (Å²) in [5.74, 6) is 3.79. The smallest absolute Gasteiger partial charge is 0.0107 e. The number of nitrogens with zero attached hydrogens (tertiary/aromatic N) is 1. The van der Waals surface area contributed by atoms with Crippen LogP contribution in [0, 0.1) is 5.92 Å². The Morgan fingerprint density at radius 3 is 2.86 bits per heavy atom. The van der Waals surface area contributed by atoms with Crippen molar-refractivity contribution in [2.45, 2.75) is 19.3 Å². The van der Waals surface area contributed by atoms with Gasteiger partial charge in [0.25, 0.3) is 0 Å². The summed E-state index contributed by atoms with van der Waals surface area (Å²) in [5.41, 5.74) is 0. The molecule has 2 rings (SSSR count). The molecule has 2 fully saturated rings. The molecule has 0 saturated carbocycles. The number of hydrogen-bond acceptors (Lipinski definition) is 3. The molecule has 3 heteroatoms. The first-order valence-electron chi connectivity index (χ1n) is 5.96. The minimum absolute atomic E-state index is 0.995. The maximum Gasteiger partial charge on any atom is 0.0107 e. The molecule has 2 aliphatic heterocycles. The van der Waals surface area contributed by atoms with Gasteiger partial charge in [-0.15, -0.1) is 0 Å². The molecule has 0 aromatic heterocycles. The zero-order valence-corrected chi connectivity index (χ0v) is 9.82. The van der Waals surface area contributed by atoms with Crippen LogP contribution in [0.15, 0.2) is 0 Å². The second kappa shape index (κ2) is 5.99. The van der Waals surface area contributed by atoms with E-state index in [0.29, 0.717) is 0 Å². The summed E-state index contributed by atoms with van der Waals surface area (Å²) >= 11 is 2.13. The monoisotopic (exact) mass is 214 g/mol. The van der Waals surface area contributed by atoms with E-state index in [4.69, 9.17) is 0 Å². The predicted octanol–water partition coefficient (Wildman–Crippen LogP) is 1.42. The number of hydrogen-bond donors (Lipinski definition) is 1. The van der Waals surface area contributed by atoms with Crippen molar-refractivity contribution < 1.29 is 0 Å². The number of thioether (sulfide) groups is 1. The maximum absolute atomic E-state index is 3.47. The Hall–Kier alpha value is 0.270. The third-order valence-corrected chi connectivity index (χ3v) is 4.34. The molecule has 0 aromatic carbocycles. The average molecular weight is 214 g/mol. The Balaban J connectivity index is 1.71. The van der Waals surface area contributed by atoms with Crippen molar-refractivity contribution in [3.05, 3.63) is 0 Å². The molecule has 0 radical (unpaired) electrons. The van der Waals surface area contributed by atoms with Crippen molar-refractivity contribution in [2.24, 2.45) is 5.92 Å². The molecule has 0 bridgehead atoms. The van der Waals surface area contributed by atoms with Gasteiger partial charge in [-0.1, -0.05) is 0 Å². The number of nitrogens with one attached hydrogen (secondary N) is 1. The summed E-state index contributed by atoms with van der Waals surface area (Å²) < 4.78 is 0. The molecule has 0 aliphatic carbocycles. The first-order chi connectivity index (χ1) is 6.95. The fourth-order valence-electron chi connectivity index (χ4n) is 2.38. The van der Waals surface area contributed by atoms with Crippen molar-refractivity contribution in [1.82, 2.24) is 10.2 Å². The van der Waals surface area contributed by atoms with Crippen LogP contribution in [-0.4, -0.2) is 49.1 Å². The highest BCUT2D eigenvalue weighted by Crippen LogP contribution is 2.23. The van der Waals surface area contributed by atoms with Crippen LogP contribution in [0.25, 0.3) is 0 Å². The van der Waals surface area contributed by atoms with Crippen molar-refractivity contribution in [2.75, 3.05) is 44.2 Å². The molecule has 14 heavy (non-hydrogen) atoms. The van der Waals surface area contributed by atoms with E-state index in [2.05, 4.69) is 22.0 Å². The lowest BCUT2D eigenvalue weighted by Crippen LogP contribution is -2.34. The lowest BCUT2D eigenvalue weighted by atomic mass is 10.0. The quantitative estimate of drug-likeness (QED) is 0.748. The summed E-state index contributed by atoms with van der Waals surface area (Å²) in [7, 11) is 0. The van der Waals surface area contributed by atoms with Gasteiger partial charge >= 0.3 is 0 Å². The van der Waals surface area contributed by atoms with Gasteiger partial charge in [-0.25, -0.2) is 0 Å². The van der Waals surface area contributed by atoms with E-state index in [1.54, 1.807) is 0 Å². The van der Waals surface area contributed by atoms with Crippen LogP contribution in [0.5, 0.6) is 0 Å². The molecule has 0 atom stereocenters. The number of rotatable bonds is 2. The van der Waals surface area contributed by atoms with Gasteiger partial charge in [0.15, 0.2) is 0 Å². The highest BCUT2D eigenvalue weighted by molar-refractivity contribution is 7.99. The van der Waals surface area contributed by atoms with Gasteiger partial charge in [0.2, 0.25) is 0 Å². The van der Waals surface area contributed by atoms with Crippen molar-refractivity contribution >= 4 is 11.8 Å². The van der Waals surface area contributed by atoms with E-state index in [-0.39, 0.29) is 0 Å². The zero-order valence-electron chi connectivity index (χ0n) is 9.00. The minimum Gasteiger partial charge on any atom is -0.315 e. The summed E-state index contributed by atoms with van der Waals surface area (Å²) in [6.45, 7) is 6.36. The van der Waals surface area contributed by atoms with Gasteiger partial charge in [0, 0.05) is 19.6 Å².